The van der Waals surface area contributed by atoms with Crippen molar-refractivity contribution in [1.29, 1.82) is 0 Å². The van der Waals surface area contributed by atoms with Crippen molar-refractivity contribution in [1.82, 2.24) is 0 Å². The Morgan fingerprint density at radius 1 is 1.14 bits per heavy atom. The Labute approximate surface area is 87.6 Å². The van der Waals surface area contributed by atoms with E-state index >= 15 is 0 Å². The number of hydrogen-bond donors (Lipinski definition) is 0. The summed E-state index contributed by atoms with van der Waals surface area (Å²) in [4.78, 5) is 0. The molecule has 0 bridgehead atoms. The van der Waals surface area contributed by atoms with Gasteiger partial charge in [0.15, 0.2) is 0 Å². The highest BCUT2D eigenvalue weighted by atomic mass is 32.2. The summed E-state index contributed by atoms with van der Waals surface area (Å²) in [7, 11) is 0. The highest BCUT2D eigenvalue weighted by Crippen LogP contribution is 2.07. The molecule has 0 heterocycles. The maximum absolute atomic E-state index is 10.3. The maximum atomic E-state index is 10.3. The first-order valence-electron chi connectivity index (χ1n) is 4.86. The third-order valence-corrected chi connectivity index (χ3v) is 2.66. The molecule has 0 saturated carbocycles. The first-order valence-corrected chi connectivity index (χ1v) is 6.10. The van der Waals surface area contributed by atoms with Crippen LogP contribution in [0.25, 0.3) is 0 Å². The van der Waals surface area contributed by atoms with Crippen LogP contribution in [-0.4, -0.2) is 14.5 Å². The highest BCUT2D eigenvalue weighted by Gasteiger charge is 1.94. The summed E-state index contributed by atoms with van der Waals surface area (Å²) < 4.78 is 20.7. The molecule has 78 valence electrons. The Hall–Kier alpha value is -0.670. The lowest BCUT2D eigenvalue weighted by atomic mass is 10.1. The molecule has 1 atom stereocenters. The van der Waals surface area contributed by atoms with Crippen LogP contribution in [0.1, 0.15) is 24.5 Å². The van der Waals surface area contributed by atoms with E-state index in [1.54, 1.807) is 0 Å². The van der Waals surface area contributed by atoms with Crippen LogP contribution in [0.2, 0.25) is 0 Å². The number of aryl methyl sites for hydroxylation is 2. The van der Waals surface area contributed by atoms with E-state index in [1.165, 1.54) is 5.56 Å². The second kappa shape index (κ2) is 5.94. The largest absolute Gasteiger partial charge is 0.772 e. The fourth-order valence-corrected chi connectivity index (χ4v) is 1.76. The van der Waals surface area contributed by atoms with Crippen LogP contribution in [0.3, 0.4) is 0 Å². The summed E-state index contributed by atoms with van der Waals surface area (Å²) in [6.45, 7) is 2.15. The van der Waals surface area contributed by atoms with Crippen LogP contribution in [-0.2, 0) is 23.9 Å². The van der Waals surface area contributed by atoms with Gasteiger partial charge in [-0.1, -0.05) is 48.7 Å². The summed E-state index contributed by atoms with van der Waals surface area (Å²) in [6.07, 6.45) is 2.85. The third kappa shape index (κ3) is 4.03. The van der Waals surface area contributed by atoms with Crippen molar-refractivity contribution in [3.63, 3.8) is 0 Å². The van der Waals surface area contributed by atoms with Gasteiger partial charge in [-0.2, -0.15) is 0 Å². The fourth-order valence-electron chi connectivity index (χ4n) is 1.36. The molecule has 1 rings (SSSR count). The van der Waals surface area contributed by atoms with Gasteiger partial charge in [0.05, 0.1) is 0 Å². The number of hydrogen-bond acceptors (Lipinski definition) is 2. The molecule has 3 heteroatoms. The van der Waals surface area contributed by atoms with Crippen LogP contribution in [0.5, 0.6) is 0 Å². The monoisotopic (exact) mass is 211 g/mol. The third-order valence-electron chi connectivity index (χ3n) is 2.12. The van der Waals surface area contributed by atoms with Crippen LogP contribution < -0.4 is 0 Å². The lowest BCUT2D eigenvalue weighted by Crippen LogP contribution is -1.99. The Bertz CT molecular complexity index is 293. The van der Waals surface area contributed by atoms with Gasteiger partial charge >= 0.3 is 0 Å². The van der Waals surface area contributed by atoms with Gasteiger partial charge in [-0.15, -0.1) is 0 Å². The summed E-state index contributed by atoms with van der Waals surface area (Å²) >= 11 is -1.92. The molecule has 0 aromatic heterocycles. The fraction of sp³-hybridized carbons (Fsp3) is 0.455. The molecule has 0 saturated heterocycles. The van der Waals surface area contributed by atoms with Crippen molar-refractivity contribution in [2.24, 2.45) is 0 Å². The molecule has 1 unspecified atom stereocenters. The Morgan fingerprint density at radius 3 is 2.07 bits per heavy atom. The highest BCUT2D eigenvalue weighted by molar-refractivity contribution is 7.79. The van der Waals surface area contributed by atoms with Crippen LogP contribution in [0.4, 0.5) is 0 Å². The summed E-state index contributed by atoms with van der Waals surface area (Å²) in [5, 5.41) is 0. The zero-order chi connectivity index (χ0) is 10.4. The van der Waals surface area contributed by atoms with Crippen LogP contribution >= 0.6 is 0 Å². The molecule has 0 aliphatic carbocycles. The molecule has 0 spiro atoms. The van der Waals surface area contributed by atoms with E-state index in [4.69, 9.17) is 0 Å². The van der Waals surface area contributed by atoms with Gasteiger partial charge in [0.2, 0.25) is 0 Å². The summed E-state index contributed by atoms with van der Waals surface area (Å²) in [6, 6.07) is 8.18. The van der Waals surface area contributed by atoms with E-state index in [-0.39, 0.29) is 5.75 Å². The van der Waals surface area contributed by atoms with Gasteiger partial charge in [-0.25, -0.2) is 0 Å². The van der Waals surface area contributed by atoms with Crippen molar-refractivity contribution in [3.05, 3.63) is 35.4 Å². The minimum absolute atomic E-state index is 0.215. The van der Waals surface area contributed by atoms with Crippen molar-refractivity contribution in [3.8, 4) is 0 Å². The normalized spacial score (nSPS) is 12.7. The quantitative estimate of drug-likeness (QED) is 0.699. The zero-order valence-corrected chi connectivity index (χ0v) is 9.18. The standard InChI is InChI=1S/C11H16O2S/c1-2-3-10-4-6-11(7-5-10)8-9-14(12)13/h4-7H,2-3,8-9H2,1H3,(H,12,13)/p-1. The van der Waals surface area contributed by atoms with E-state index in [0.717, 1.165) is 18.4 Å². The Balaban J connectivity index is 2.50. The molecular weight excluding hydrogens is 196 g/mol. The molecular formula is C11H15O2S-. The van der Waals surface area contributed by atoms with Crippen molar-refractivity contribution in [2.45, 2.75) is 26.2 Å². The lowest BCUT2D eigenvalue weighted by Gasteiger charge is -2.05. The molecule has 0 fully saturated rings. The van der Waals surface area contributed by atoms with Crippen molar-refractivity contribution in [2.75, 3.05) is 5.75 Å². The SMILES string of the molecule is CCCc1ccc(CCS(=O)[O-])cc1. The molecule has 1 aromatic rings. The van der Waals surface area contributed by atoms with Crippen molar-refractivity contribution >= 4 is 11.1 Å². The minimum atomic E-state index is -1.92. The molecule has 0 radical (unpaired) electrons. The first-order chi connectivity index (χ1) is 6.72. The molecule has 0 amide bonds. The van der Waals surface area contributed by atoms with Crippen LogP contribution in [0.15, 0.2) is 24.3 Å². The predicted molar refractivity (Wildman–Crippen MR) is 57.9 cm³/mol. The van der Waals surface area contributed by atoms with Gasteiger partial charge in [-0.3, -0.25) is 4.21 Å². The minimum Gasteiger partial charge on any atom is -0.772 e. The van der Waals surface area contributed by atoms with Gasteiger partial charge in [0.1, 0.15) is 0 Å². The molecule has 1 aromatic carbocycles. The van der Waals surface area contributed by atoms with E-state index in [1.807, 2.05) is 12.1 Å². The van der Waals surface area contributed by atoms with E-state index < -0.39 is 11.1 Å². The van der Waals surface area contributed by atoms with Crippen molar-refractivity contribution < 1.29 is 8.76 Å². The zero-order valence-electron chi connectivity index (χ0n) is 8.36. The molecule has 0 aliphatic rings. The first kappa shape index (κ1) is 11.4. The van der Waals surface area contributed by atoms with Gasteiger partial charge in [-0.05, 0) is 24.0 Å². The summed E-state index contributed by atoms with van der Waals surface area (Å²) in [5.74, 6) is 0.215. The maximum Gasteiger partial charge on any atom is 0.0142 e. The van der Waals surface area contributed by atoms with Gasteiger partial charge in [0.25, 0.3) is 0 Å². The molecule has 0 aliphatic heterocycles. The Morgan fingerprint density at radius 2 is 1.64 bits per heavy atom. The smallest absolute Gasteiger partial charge is 0.0142 e. The molecule has 2 nitrogen and oxygen atoms in total. The second-order valence-corrected chi connectivity index (χ2v) is 4.34. The topological polar surface area (TPSA) is 40.1 Å². The summed E-state index contributed by atoms with van der Waals surface area (Å²) in [5.41, 5.74) is 2.41. The second-order valence-electron chi connectivity index (χ2n) is 3.32. The average Bonchev–Trinajstić information content (AvgIpc) is 2.17. The van der Waals surface area contributed by atoms with Crippen LogP contribution in [0, 0.1) is 0 Å². The predicted octanol–water partition coefficient (Wildman–Crippen LogP) is 2.06. The molecule has 0 N–H and O–H groups in total. The lowest BCUT2D eigenvalue weighted by molar-refractivity contribution is 0.536. The average molecular weight is 211 g/mol. The van der Waals surface area contributed by atoms with E-state index in [2.05, 4.69) is 19.1 Å². The number of rotatable bonds is 5. The Kier molecular flexibility index (Phi) is 4.84. The van der Waals surface area contributed by atoms with E-state index in [9.17, 15) is 8.76 Å². The van der Waals surface area contributed by atoms with Gasteiger partial charge in [0, 0.05) is 5.75 Å². The van der Waals surface area contributed by atoms with Gasteiger partial charge < -0.3 is 4.55 Å². The number of benzene rings is 1. The molecule has 14 heavy (non-hydrogen) atoms. The van der Waals surface area contributed by atoms with E-state index in [0.29, 0.717) is 6.42 Å².